The number of hydrogen-bond acceptors (Lipinski definition) is 2. The lowest BCUT2D eigenvalue weighted by Gasteiger charge is -2.26. The van der Waals surface area contributed by atoms with E-state index in [1.54, 1.807) is 0 Å². The highest BCUT2D eigenvalue weighted by Crippen LogP contribution is 2.37. The highest BCUT2D eigenvalue weighted by atomic mass is 15.1. The van der Waals surface area contributed by atoms with E-state index in [-0.39, 0.29) is 0 Å². The summed E-state index contributed by atoms with van der Waals surface area (Å²) >= 11 is 0. The highest BCUT2D eigenvalue weighted by molar-refractivity contribution is 5.80. The summed E-state index contributed by atoms with van der Waals surface area (Å²) in [7, 11) is 0. The third-order valence-corrected chi connectivity index (χ3v) is 10.3. The first-order valence-corrected chi connectivity index (χ1v) is 19.8. The van der Waals surface area contributed by atoms with Crippen LogP contribution in [0.5, 0.6) is 0 Å². The monoisotopic (exact) mass is 728 g/mol. The molecule has 0 bridgehead atoms. The Morgan fingerprint density at radius 3 is 0.857 bits per heavy atom. The van der Waals surface area contributed by atoms with Gasteiger partial charge < -0.3 is 9.80 Å². The molecule has 7 aromatic rings. The summed E-state index contributed by atoms with van der Waals surface area (Å²) in [6.07, 6.45) is 8.73. The van der Waals surface area contributed by atoms with Crippen LogP contribution in [0.25, 0.3) is 24.3 Å². The molecule has 0 aromatic heterocycles. The molecule has 0 radical (unpaired) electrons. The fraction of sp³-hybridized carbons (Fsp3) is 0.148. The van der Waals surface area contributed by atoms with E-state index in [1.165, 1.54) is 33.4 Å². The predicted octanol–water partition coefficient (Wildman–Crippen LogP) is 15.8. The molecule has 0 aliphatic carbocycles. The number of aryl methyl sites for hydroxylation is 2. The minimum absolute atomic E-state index is 0.500. The number of nitrogens with zero attached hydrogens (tertiary/aromatic N) is 2. The van der Waals surface area contributed by atoms with Gasteiger partial charge >= 0.3 is 0 Å². The fourth-order valence-electron chi connectivity index (χ4n) is 7.02. The quantitative estimate of drug-likeness (QED) is 0.116. The Balaban J connectivity index is 1.03. The molecule has 0 unspecified atom stereocenters. The van der Waals surface area contributed by atoms with Gasteiger partial charge in [-0.15, -0.1) is 0 Å². The molecular weight excluding hydrogens is 677 g/mol. The van der Waals surface area contributed by atoms with E-state index >= 15 is 0 Å². The van der Waals surface area contributed by atoms with Crippen molar-refractivity contribution in [1.29, 1.82) is 0 Å². The molecule has 7 rings (SSSR count). The number of anilines is 6. The fourth-order valence-corrected chi connectivity index (χ4v) is 7.02. The maximum absolute atomic E-state index is 2.33. The van der Waals surface area contributed by atoms with Crippen LogP contribution in [-0.4, -0.2) is 0 Å². The maximum atomic E-state index is 2.33. The van der Waals surface area contributed by atoms with Crippen molar-refractivity contribution in [2.45, 2.75) is 53.4 Å². The summed E-state index contributed by atoms with van der Waals surface area (Å²) < 4.78 is 0. The van der Waals surface area contributed by atoms with Gasteiger partial charge in [0.15, 0.2) is 0 Å². The summed E-state index contributed by atoms with van der Waals surface area (Å²) in [5.41, 5.74) is 16.7. The topological polar surface area (TPSA) is 6.48 Å². The third kappa shape index (κ3) is 9.28. The molecule has 0 atom stereocenters. The van der Waals surface area contributed by atoms with Gasteiger partial charge in [-0.3, -0.25) is 0 Å². The van der Waals surface area contributed by atoms with Crippen molar-refractivity contribution in [2.75, 3.05) is 9.80 Å². The Morgan fingerprint density at radius 2 is 0.589 bits per heavy atom. The van der Waals surface area contributed by atoms with Gasteiger partial charge in [-0.05, 0) is 143 Å². The molecule has 56 heavy (non-hydrogen) atoms. The first kappa shape index (κ1) is 37.9. The van der Waals surface area contributed by atoms with E-state index in [2.05, 4.69) is 246 Å². The van der Waals surface area contributed by atoms with E-state index in [4.69, 9.17) is 0 Å². The van der Waals surface area contributed by atoms with E-state index in [1.807, 2.05) is 0 Å². The summed E-state index contributed by atoms with van der Waals surface area (Å²) in [5.74, 6) is 1.00. The zero-order valence-electron chi connectivity index (χ0n) is 33.5. The molecule has 0 saturated carbocycles. The molecule has 0 aliphatic heterocycles. The van der Waals surface area contributed by atoms with Crippen molar-refractivity contribution >= 4 is 58.4 Å². The van der Waals surface area contributed by atoms with Crippen molar-refractivity contribution in [3.05, 3.63) is 214 Å². The minimum atomic E-state index is 0.500. The Morgan fingerprint density at radius 1 is 0.321 bits per heavy atom. The second kappa shape index (κ2) is 17.4. The second-order valence-electron chi connectivity index (χ2n) is 15.4. The van der Waals surface area contributed by atoms with Crippen LogP contribution < -0.4 is 9.80 Å². The third-order valence-electron chi connectivity index (χ3n) is 10.3. The number of hydrogen-bond donors (Lipinski definition) is 0. The van der Waals surface area contributed by atoms with Crippen LogP contribution in [0.4, 0.5) is 34.1 Å². The van der Waals surface area contributed by atoms with Crippen LogP contribution in [0.15, 0.2) is 170 Å². The average Bonchev–Trinajstić information content (AvgIpc) is 3.21. The van der Waals surface area contributed by atoms with Gasteiger partial charge in [0.1, 0.15) is 0 Å². The lowest BCUT2D eigenvalue weighted by molar-refractivity contribution is 0.866. The van der Waals surface area contributed by atoms with Crippen LogP contribution in [-0.2, 0) is 0 Å². The number of rotatable bonds is 12. The molecule has 7 aromatic carbocycles. The van der Waals surface area contributed by atoms with Gasteiger partial charge in [-0.2, -0.15) is 0 Å². The SMILES string of the molecule is Cc1cccc(N(c2ccc(/C=C/c3ccc(/C=C/c4ccc(N(c5ccc(C(C)C)cc5)c5cccc(C)c5)cc4)cc3)cc2)c2ccc(C(C)C)cc2)c1. The smallest absolute Gasteiger partial charge is 0.0464 e. The van der Waals surface area contributed by atoms with Gasteiger partial charge in [-0.25, -0.2) is 0 Å². The van der Waals surface area contributed by atoms with E-state index < -0.39 is 0 Å². The largest absolute Gasteiger partial charge is 0.310 e. The molecule has 2 heteroatoms. The van der Waals surface area contributed by atoms with Crippen LogP contribution >= 0.6 is 0 Å². The molecule has 0 saturated heterocycles. The van der Waals surface area contributed by atoms with E-state index in [0.29, 0.717) is 11.8 Å². The molecule has 0 amide bonds. The van der Waals surface area contributed by atoms with Gasteiger partial charge in [0, 0.05) is 34.1 Å². The van der Waals surface area contributed by atoms with Crippen molar-refractivity contribution in [1.82, 2.24) is 0 Å². The Bertz CT molecular complexity index is 2220. The lowest BCUT2D eigenvalue weighted by Crippen LogP contribution is -2.10. The zero-order valence-corrected chi connectivity index (χ0v) is 33.5. The Hall–Kier alpha value is -6.38. The molecule has 0 spiro atoms. The Kier molecular flexibility index (Phi) is 11.8. The van der Waals surface area contributed by atoms with Crippen molar-refractivity contribution < 1.29 is 0 Å². The number of benzene rings is 7. The van der Waals surface area contributed by atoms with E-state index in [0.717, 1.165) is 45.3 Å². The standard InChI is InChI=1S/C54H52N2/c1-39(2)47-25-33-51(34-26-47)55(53-11-7-9-41(5)37-53)49-29-21-45(22-30-49)19-17-43-13-15-44(16-14-43)18-20-46-23-31-50(32-24-46)56(54-12-8-10-42(6)38-54)52-35-27-48(28-36-52)40(3)4/h7-40H,1-6H3/b19-17+,20-18+. The van der Waals surface area contributed by atoms with Crippen LogP contribution in [0.3, 0.4) is 0 Å². The molecule has 0 N–H and O–H groups in total. The first-order chi connectivity index (χ1) is 27.2. The normalized spacial score (nSPS) is 11.6. The maximum Gasteiger partial charge on any atom is 0.0464 e. The second-order valence-corrected chi connectivity index (χ2v) is 15.4. The molecule has 278 valence electrons. The summed E-state index contributed by atoms with van der Waals surface area (Å²) in [6.45, 7) is 13.2. The first-order valence-electron chi connectivity index (χ1n) is 19.8. The van der Waals surface area contributed by atoms with Crippen molar-refractivity contribution in [2.24, 2.45) is 0 Å². The molecule has 0 aliphatic rings. The zero-order chi connectivity index (χ0) is 39.0. The molecular formula is C54H52N2. The highest BCUT2D eigenvalue weighted by Gasteiger charge is 2.15. The molecule has 2 nitrogen and oxygen atoms in total. The van der Waals surface area contributed by atoms with Crippen LogP contribution in [0, 0.1) is 13.8 Å². The van der Waals surface area contributed by atoms with Crippen molar-refractivity contribution in [3.63, 3.8) is 0 Å². The van der Waals surface area contributed by atoms with Crippen LogP contribution in [0.1, 0.15) is 84.0 Å². The van der Waals surface area contributed by atoms with Gasteiger partial charge in [0.2, 0.25) is 0 Å². The summed E-state index contributed by atoms with van der Waals surface area (Å²) in [5, 5.41) is 0. The molecule has 0 fully saturated rings. The van der Waals surface area contributed by atoms with Crippen LogP contribution in [0.2, 0.25) is 0 Å². The van der Waals surface area contributed by atoms with Gasteiger partial charge in [0.25, 0.3) is 0 Å². The van der Waals surface area contributed by atoms with Gasteiger partial charge in [0.05, 0.1) is 0 Å². The summed E-state index contributed by atoms with van der Waals surface area (Å²) in [4.78, 5) is 4.66. The summed E-state index contributed by atoms with van der Waals surface area (Å²) in [6, 6.07) is 61.6. The average molecular weight is 729 g/mol. The predicted molar refractivity (Wildman–Crippen MR) is 244 cm³/mol. The van der Waals surface area contributed by atoms with Gasteiger partial charge in [-0.1, -0.05) is 149 Å². The minimum Gasteiger partial charge on any atom is -0.310 e. The lowest BCUT2D eigenvalue weighted by atomic mass is 10.0. The Labute approximate surface area is 334 Å². The van der Waals surface area contributed by atoms with Crippen molar-refractivity contribution in [3.8, 4) is 0 Å². The van der Waals surface area contributed by atoms with E-state index in [9.17, 15) is 0 Å². The molecule has 0 heterocycles.